The van der Waals surface area contributed by atoms with Crippen molar-refractivity contribution in [3.63, 3.8) is 0 Å². The molecule has 6 heteroatoms. The van der Waals surface area contributed by atoms with Gasteiger partial charge in [-0.1, -0.05) is 0 Å². The highest BCUT2D eigenvalue weighted by Gasteiger charge is 2.19. The molecule has 0 unspecified atom stereocenters. The van der Waals surface area contributed by atoms with Gasteiger partial charge in [0.2, 0.25) is 0 Å². The van der Waals surface area contributed by atoms with Gasteiger partial charge in [-0.15, -0.1) is 0 Å². The van der Waals surface area contributed by atoms with Crippen molar-refractivity contribution in [1.82, 2.24) is 0 Å². The summed E-state index contributed by atoms with van der Waals surface area (Å²) in [5, 5.41) is 27.2. The van der Waals surface area contributed by atoms with Gasteiger partial charge in [0.25, 0.3) is 0 Å². The van der Waals surface area contributed by atoms with Gasteiger partial charge in [-0.05, 0) is 12.1 Å². The van der Waals surface area contributed by atoms with Crippen LogP contribution in [0, 0.1) is 0 Å². The van der Waals surface area contributed by atoms with E-state index >= 15 is 0 Å². The van der Waals surface area contributed by atoms with E-state index in [2.05, 4.69) is 4.74 Å². The Hall–Kier alpha value is -2.24. The topological polar surface area (TPSA) is 104 Å². The minimum Gasteiger partial charge on any atom is -0.507 e. The summed E-state index contributed by atoms with van der Waals surface area (Å²) in [6.45, 7) is 0. The fraction of sp³-hybridized carbons (Fsp3) is 0.111. The summed E-state index contributed by atoms with van der Waals surface area (Å²) in [6, 6.07) is 1.71. The molecule has 0 aliphatic rings. The van der Waals surface area contributed by atoms with Gasteiger partial charge < -0.3 is 20.1 Å². The molecule has 15 heavy (non-hydrogen) atoms. The molecule has 1 aromatic rings. The number of hydrogen-bond donors (Lipinski definition) is 3. The van der Waals surface area contributed by atoms with Crippen molar-refractivity contribution in [3.05, 3.63) is 23.3 Å². The van der Waals surface area contributed by atoms with Crippen molar-refractivity contribution in [2.75, 3.05) is 7.11 Å². The molecular weight excluding hydrogens is 204 g/mol. The van der Waals surface area contributed by atoms with Crippen LogP contribution in [0.5, 0.6) is 11.5 Å². The zero-order valence-corrected chi connectivity index (χ0v) is 7.72. The number of carbonyl (C=O) groups is 2. The number of methoxy groups -OCH3 is 1. The van der Waals surface area contributed by atoms with Crippen LogP contribution in [0.1, 0.15) is 20.7 Å². The van der Waals surface area contributed by atoms with E-state index in [1.54, 1.807) is 0 Å². The van der Waals surface area contributed by atoms with Crippen molar-refractivity contribution in [2.24, 2.45) is 0 Å². The predicted molar refractivity (Wildman–Crippen MR) is 48.1 cm³/mol. The molecule has 1 rings (SSSR count). The van der Waals surface area contributed by atoms with Crippen LogP contribution in [0.4, 0.5) is 0 Å². The fourth-order valence-corrected chi connectivity index (χ4v) is 1.05. The number of esters is 1. The maximum atomic E-state index is 11.0. The standard InChI is InChI=1S/C9H8O6/c1-15-9(14)7-5(10)2-4(8(12)13)3-6(7)11/h2-3,10-11H,1H3,(H,12,13). The van der Waals surface area contributed by atoms with Crippen LogP contribution in [0.15, 0.2) is 12.1 Å². The molecule has 0 fully saturated rings. The van der Waals surface area contributed by atoms with Gasteiger partial charge in [0.1, 0.15) is 17.1 Å². The number of carboxylic acids is 1. The molecule has 0 aliphatic heterocycles. The number of aromatic hydroxyl groups is 2. The first kappa shape index (κ1) is 10.8. The monoisotopic (exact) mass is 212 g/mol. The maximum absolute atomic E-state index is 11.0. The van der Waals surface area contributed by atoms with E-state index in [-0.39, 0.29) is 5.56 Å². The molecule has 0 heterocycles. The highest BCUT2D eigenvalue weighted by Crippen LogP contribution is 2.29. The Bertz CT molecular complexity index is 400. The number of benzene rings is 1. The Balaban J connectivity index is 3.33. The van der Waals surface area contributed by atoms with Crippen LogP contribution >= 0.6 is 0 Å². The normalized spacial score (nSPS) is 9.67. The first-order chi connectivity index (χ1) is 6.97. The van der Waals surface area contributed by atoms with E-state index in [0.29, 0.717) is 0 Å². The molecule has 6 nitrogen and oxygen atoms in total. The summed E-state index contributed by atoms with van der Waals surface area (Å²) in [6.07, 6.45) is 0. The first-order valence-electron chi connectivity index (χ1n) is 3.85. The van der Waals surface area contributed by atoms with Crippen molar-refractivity contribution >= 4 is 11.9 Å². The molecular formula is C9H8O6. The average molecular weight is 212 g/mol. The van der Waals surface area contributed by atoms with Crippen molar-refractivity contribution in [1.29, 1.82) is 0 Å². The van der Waals surface area contributed by atoms with Crippen molar-refractivity contribution in [3.8, 4) is 11.5 Å². The summed E-state index contributed by atoms with van der Waals surface area (Å²) in [7, 11) is 1.08. The predicted octanol–water partition coefficient (Wildman–Crippen LogP) is 0.583. The second kappa shape index (κ2) is 3.87. The number of ether oxygens (including phenoxy) is 1. The van der Waals surface area contributed by atoms with Crippen LogP contribution in [0.3, 0.4) is 0 Å². The minimum atomic E-state index is -1.32. The lowest BCUT2D eigenvalue weighted by Crippen LogP contribution is -2.04. The minimum absolute atomic E-state index is 0.322. The molecule has 0 saturated carbocycles. The zero-order valence-electron chi connectivity index (χ0n) is 7.72. The van der Waals surface area contributed by atoms with E-state index in [9.17, 15) is 19.8 Å². The SMILES string of the molecule is COC(=O)c1c(O)cc(C(=O)O)cc1O. The number of hydrogen-bond acceptors (Lipinski definition) is 5. The molecule has 0 aliphatic carbocycles. The third-order valence-electron chi connectivity index (χ3n) is 1.73. The van der Waals surface area contributed by atoms with Crippen LogP contribution in [0.2, 0.25) is 0 Å². The zero-order chi connectivity index (χ0) is 11.6. The number of phenols is 2. The van der Waals surface area contributed by atoms with Gasteiger partial charge >= 0.3 is 11.9 Å². The third-order valence-corrected chi connectivity index (χ3v) is 1.73. The first-order valence-corrected chi connectivity index (χ1v) is 3.85. The molecule has 0 amide bonds. The largest absolute Gasteiger partial charge is 0.507 e. The summed E-state index contributed by atoms with van der Waals surface area (Å²) in [5.74, 6) is -3.54. The smallest absolute Gasteiger partial charge is 0.345 e. The Labute approximate surface area is 84.3 Å². The summed E-state index contributed by atoms with van der Waals surface area (Å²) < 4.78 is 4.29. The Morgan fingerprint density at radius 3 is 2.00 bits per heavy atom. The van der Waals surface area contributed by atoms with Crippen molar-refractivity contribution in [2.45, 2.75) is 0 Å². The van der Waals surface area contributed by atoms with Crippen LogP contribution in [0.25, 0.3) is 0 Å². The number of carboxylic acid groups (broad SMARTS) is 1. The Morgan fingerprint density at radius 1 is 1.20 bits per heavy atom. The second-order valence-electron chi connectivity index (χ2n) is 2.69. The van der Waals surface area contributed by atoms with Gasteiger partial charge in [0.05, 0.1) is 12.7 Å². The third kappa shape index (κ3) is 1.98. The molecule has 0 radical (unpaired) electrons. The van der Waals surface area contributed by atoms with E-state index in [1.165, 1.54) is 0 Å². The number of phenolic OH excluding ortho intramolecular Hbond substituents is 2. The number of aromatic carboxylic acids is 1. The number of rotatable bonds is 2. The Morgan fingerprint density at radius 2 is 1.67 bits per heavy atom. The molecule has 0 spiro atoms. The molecule has 0 aromatic heterocycles. The quantitative estimate of drug-likeness (QED) is 0.619. The second-order valence-corrected chi connectivity index (χ2v) is 2.69. The summed E-state index contributed by atoms with van der Waals surface area (Å²) >= 11 is 0. The van der Waals surface area contributed by atoms with E-state index in [4.69, 9.17) is 5.11 Å². The van der Waals surface area contributed by atoms with E-state index in [1.807, 2.05) is 0 Å². The molecule has 0 saturated heterocycles. The molecule has 80 valence electrons. The van der Waals surface area contributed by atoms with Gasteiger partial charge in [0, 0.05) is 0 Å². The van der Waals surface area contributed by atoms with Gasteiger partial charge in [0.15, 0.2) is 0 Å². The van der Waals surface area contributed by atoms with Gasteiger partial charge in [-0.2, -0.15) is 0 Å². The van der Waals surface area contributed by atoms with Crippen LogP contribution in [-0.2, 0) is 4.74 Å². The van der Waals surface area contributed by atoms with Crippen LogP contribution < -0.4 is 0 Å². The highest BCUT2D eigenvalue weighted by atomic mass is 16.5. The lowest BCUT2D eigenvalue weighted by molar-refractivity contribution is 0.0591. The lowest BCUT2D eigenvalue weighted by atomic mass is 10.1. The molecule has 3 N–H and O–H groups in total. The molecule has 0 atom stereocenters. The van der Waals surface area contributed by atoms with E-state index in [0.717, 1.165) is 19.2 Å². The summed E-state index contributed by atoms with van der Waals surface area (Å²) in [4.78, 5) is 21.6. The van der Waals surface area contributed by atoms with Gasteiger partial charge in [-0.25, -0.2) is 9.59 Å². The van der Waals surface area contributed by atoms with Crippen LogP contribution in [-0.4, -0.2) is 34.4 Å². The number of carbonyl (C=O) groups excluding carboxylic acids is 1. The van der Waals surface area contributed by atoms with Crippen molar-refractivity contribution < 1.29 is 29.6 Å². The Kier molecular flexibility index (Phi) is 2.80. The van der Waals surface area contributed by atoms with E-state index < -0.39 is 29.0 Å². The lowest BCUT2D eigenvalue weighted by Gasteiger charge is -2.06. The highest BCUT2D eigenvalue weighted by molar-refractivity contribution is 5.98. The summed E-state index contributed by atoms with van der Waals surface area (Å²) in [5.41, 5.74) is -0.778. The maximum Gasteiger partial charge on any atom is 0.345 e. The fourth-order valence-electron chi connectivity index (χ4n) is 1.05. The molecule has 0 bridgehead atoms. The average Bonchev–Trinajstić information content (AvgIpc) is 2.16. The molecule has 1 aromatic carbocycles. The van der Waals surface area contributed by atoms with Gasteiger partial charge in [-0.3, -0.25) is 0 Å².